The number of pyridine rings is 1. The predicted molar refractivity (Wildman–Crippen MR) is 144 cm³/mol. The minimum Gasteiger partial charge on any atom is -0.444 e. The number of quaternary nitrogens is 1. The molecule has 0 unspecified atom stereocenters. The van der Waals surface area contributed by atoms with E-state index >= 15 is 0 Å². The lowest BCUT2D eigenvalue weighted by Gasteiger charge is -2.24. The first-order chi connectivity index (χ1) is 18.0. The molecule has 1 atom stereocenters. The number of nitrogens with zero attached hydrogens (tertiary/aromatic N) is 4. The minimum absolute atomic E-state index is 0.0321. The molecule has 11 heteroatoms. The Hall–Kier alpha value is -4.38. The summed E-state index contributed by atoms with van der Waals surface area (Å²) < 4.78 is 5.49. The van der Waals surface area contributed by atoms with E-state index in [-0.39, 0.29) is 29.6 Å². The average molecular weight is 518 g/mol. The second kappa shape index (κ2) is 10.9. The van der Waals surface area contributed by atoms with Crippen molar-refractivity contribution in [3.63, 3.8) is 0 Å². The van der Waals surface area contributed by atoms with Gasteiger partial charge in [0.2, 0.25) is 5.82 Å². The van der Waals surface area contributed by atoms with Gasteiger partial charge in [-0.25, -0.2) is 14.8 Å². The summed E-state index contributed by atoms with van der Waals surface area (Å²) in [5.74, 6) is 0.892. The van der Waals surface area contributed by atoms with Gasteiger partial charge in [0.15, 0.2) is 0 Å². The Morgan fingerprint density at radius 2 is 1.84 bits per heavy atom. The number of nitrogens with two attached hydrogens (primary N) is 2. The molecule has 198 valence electrons. The number of carbonyl (C=O) groups excluding carboxylic acids is 2. The van der Waals surface area contributed by atoms with Crippen LogP contribution < -0.4 is 16.4 Å². The topological polar surface area (TPSA) is 164 Å². The SMILES string of the molecule is Cc1ccnc(NC(=O)c2ccc(C(=N)c3c(N)ncnc3[NH2+][C@@H]3CCN(C(=O)OC(C)(C)C)C3)cc2)c1. The molecule has 0 radical (unpaired) electrons. The van der Waals surface area contributed by atoms with Crippen LogP contribution in [0.15, 0.2) is 48.9 Å². The molecule has 38 heavy (non-hydrogen) atoms. The molecule has 1 aliphatic heterocycles. The number of anilines is 2. The van der Waals surface area contributed by atoms with Crippen molar-refractivity contribution in [2.24, 2.45) is 0 Å². The average Bonchev–Trinajstić information content (AvgIpc) is 3.32. The summed E-state index contributed by atoms with van der Waals surface area (Å²) in [4.78, 5) is 39.4. The van der Waals surface area contributed by atoms with Crippen LogP contribution in [0.5, 0.6) is 0 Å². The maximum absolute atomic E-state index is 12.6. The van der Waals surface area contributed by atoms with Crippen molar-refractivity contribution in [2.45, 2.75) is 45.8 Å². The van der Waals surface area contributed by atoms with Gasteiger partial charge in [-0.3, -0.25) is 15.5 Å². The Morgan fingerprint density at radius 3 is 2.53 bits per heavy atom. The van der Waals surface area contributed by atoms with E-state index in [1.165, 1.54) is 6.33 Å². The first kappa shape index (κ1) is 26.7. The Balaban J connectivity index is 1.46. The molecular formula is C27H33N8O3+. The van der Waals surface area contributed by atoms with Crippen LogP contribution in [0.4, 0.5) is 22.2 Å². The summed E-state index contributed by atoms with van der Waals surface area (Å²) in [5.41, 5.74) is 8.16. The van der Waals surface area contributed by atoms with Crippen molar-refractivity contribution < 1.29 is 19.6 Å². The number of rotatable bonds is 6. The van der Waals surface area contributed by atoms with Crippen molar-refractivity contribution in [3.8, 4) is 0 Å². The summed E-state index contributed by atoms with van der Waals surface area (Å²) in [5, 5.41) is 13.5. The number of hydrogen-bond acceptors (Lipinski definition) is 8. The van der Waals surface area contributed by atoms with Gasteiger partial charge < -0.3 is 20.7 Å². The van der Waals surface area contributed by atoms with Gasteiger partial charge in [-0.2, -0.15) is 4.98 Å². The quantitative estimate of drug-likeness (QED) is 0.365. The number of aryl methyl sites for hydroxylation is 1. The third-order valence-corrected chi connectivity index (χ3v) is 6.02. The zero-order chi connectivity index (χ0) is 27.4. The molecule has 3 heterocycles. The predicted octanol–water partition coefficient (Wildman–Crippen LogP) is 2.63. The van der Waals surface area contributed by atoms with Crippen LogP contribution in [-0.4, -0.2) is 62.3 Å². The van der Waals surface area contributed by atoms with Crippen LogP contribution in [-0.2, 0) is 4.74 Å². The smallest absolute Gasteiger partial charge is 0.410 e. The number of aromatic nitrogens is 3. The second-order valence-corrected chi connectivity index (χ2v) is 10.3. The van der Waals surface area contributed by atoms with Gasteiger partial charge in [-0.1, -0.05) is 12.1 Å². The summed E-state index contributed by atoms with van der Waals surface area (Å²) >= 11 is 0. The summed E-state index contributed by atoms with van der Waals surface area (Å²) in [7, 11) is 0. The van der Waals surface area contributed by atoms with Gasteiger partial charge in [-0.05, 0) is 57.5 Å². The number of nitrogen functional groups attached to an aromatic ring is 1. The fraction of sp³-hybridized carbons (Fsp3) is 0.333. The highest BCUT2D eigenvalue weighted by molar-refractivity contribution is 6.15. The van der Waals surface area contributed by atoms with Gasteiger partial charge in [0.05, 0.1) is 12.3 Å². The second-order valence-electron chi connectivity index (χ2n) is 10.3. The molecule has 0 bridgehead atoms. The molecule has 3 aromatic rings. The van der Waals surface area contributed by atoms with E-state index in [0.717, 1.165) is 12.0 Å². The zero-order valence-electron chi connectivity index (χ0n) is 22.0. The standard InChI is InChI=1S/C27H32N8O3/c1-16-9-11-30-20(13-16)34-25(36)18-7-5-17(6-8-18)22(28)21-23(29)31-15-32-24(21)33-19-10-12-35(14-19)26(37)38-27(2,3)4/h5-9,11,13,15,19,28H,10,12,14H2,1-4H3,(H,30,34,36)(H3,29,31,32,33)/p+1/t19-/m1/s1. The van der Waals surface area contributed by atoms with Crippen molar-refractivity contribution >= 4 is 35.2 Å². The lowest BCUT2D eigenvalue weighted by Crippen LogP contribution is -2.86. The molecule has 1 saturated heterocycles. The number of carbonyl (C=O) groups is 2. The van der Waals surface area contributed by atoms with E-state index in [1.54, 1.807) is 41.4 Å². The van der Waals surface area contributed by atoms with Gasteiger partial charge in [0, 0.05) is 30.3 Å². The highest BCUT2D eigenvalue weighted by Gasteiger charge is 2.33. The van der Waals surface area contributed by atoms with E-state index in [1.807, 2.05) is 39.1 Å². The number of nitrogens with one attached hydrogen (secondary N) is 2. The zero-order valence-corrected chi connectivity index (χ0v) is 22.0. The van der Waals surface area contributed by atoms with Crippen LogP contribution in [0.2, 0.25) is 0 Å². The molecule has 2 aromatic heterocycles. The van der Waals surface area contributed by atoms with Crippen LogP contribution in [0.3, 0.4) is 0 Å². The van der Waals surface area contributed by atoms with Gasteiger partial charge in [0.1, 0.15) is 35.2 Å². The fourth-order valence-electron chi connectivity index (χ4n) is 4.16. The van der Waals surface area contributed by atoms with E-state index in [0.29, 0.717) is 41.4 Å². The maximum Gasteiger partial charge on any atom is 0.410 e. The van der Waals surface area contributed by atoms with Gasteiger partial charge in [-0.15, -0.1) is 0 Å². The third-order valence-electron chi connectivity index (χ3n) is 6.02. The van der Waals surface area contributed by atoms with E-state index in [9.17, 15) is 9.59 Å². The molecule has 0 saturated carbocycles. The van der Waals surface area contributed by atoms with Crippen LogP contribution in [0.25, 0.3) is 0 Å². The van der Waals surface area contributed by atoms with E-state index in [4.69, 9.17) is 15.9 Å². The maximum atomic E-state index is 12.6. The minimum atomic E-state index is -0.560. The number of likely N-dealkylation sites (tertiary alicyclic amines) is 1. The number of ether oxygens (including phenoxy) is 1. The van der Waals surface area contributed by atoms with Gasteiger partial charge in [0.25, 0.3) is 5.91 Å². The summed E-state index contributed by atoms with van der Waals surface area (Å²) in [6.45, 7) is 8.51. The molecule has 0 spiro atoms. The highest BCUT2D eigenvalue weighted by Crippen LogP contribution is 2.21. The van der Waals surface area contributed by atoms with E-state index in [2.05, 4.69) is 20.3 Å². The molecule has 4 rings (SSSR count). The molecule has 1 fully saturated rings. The molecule has 1 aliphatic rings. The monoisotopic (exact) mass is 517 g/mol. The van der Waals surface area contributed by atoms with Crippen LogP contribution >= 0.6 is 0 Å². The van der Waals surface area contributed by atoms with Crippen LogP contribution in [0.1, 0.15) is 54.2 Å². The van der Waals surface area contributed by atoms with Gasteiger partial charge >= 0.3 is 6.09 Å². The van der Waals surface area contributed by atoms with Crippen molar-refractivity contribution in [1.82, 2.24) is 19.9 Å². The molecule has 2 amide bonds. The Morgan fingerprint density at radius 1 is 1.13 bits per heavy atom. The summed E-state index contributed by atoms with van der Waals surface area (Å²) in [6.07, 6.45) is 3.41. The largest absolute Gasteiger partial charge is 0.444 e. The summed E-state index contributed by atoms with van der Waals surface area (Å²) in [6, 6.07) is 10.3. The molecule has 6 N–H and O–H groups in total. The molecule has 1 aromatic carbocycles. The van der Waals surface area contributed by atoms with Crippen molar-refractivity contribution in [3.05, 3.63) is 71.2 Å². The fourth-order valence-corrected chi connectivity index (χ4v) is 4.16. The lowest BCUT2D eigenvalue weighted by atomic mass is 10.0. The Labute approximate surface area is 221 Å². The lowest BCUT2D eigenvalue weighted by molar-refractivity contribution is -0.610. The number of benzene rings is 1. The first-order valence-electron chi connectivity index (χ1n) is 12.4. The van der Waals surface area contributed by atoms with Crippen molar-refractivity contribution in [2.75, 3.05) is 24.1 Å². The molecule has 11 nitrogen and oxygen atoms in total. The number of hydrogen-bond donors (Lipinski definition) is 4. The van der Waals surface area contributed by atoms with Crippen LogP contribution in [0, 0.1) is 12.3 Å². The van der Waals surface area contributed by atoms with E-state index < -0.39 is 5.60 Å². The number of amides is 2. The third kappa shape index (κ3) is 6.48. The Bertz CT molecular complexity index is 1350. The Kier molecular flexibility index (Phi) is 7.67. The molecule has 0 aliphatic carbocycles. The normalized spacial score (nSPS) is 15.3. The first-order valence-corrected chi connectivity index (χ1v) is 12.4. The highest BCUT2D eigenvalue weighted by atomic mass is 16.6. The van der Waals surface area contributed by atoms with Crippen molar-refractivity contribution in [1.29, 1.82) is 5.41 Å². The molecular weight excluding hydrogens is 484 g/mol.